The fourth-order valence-electron chi connectivity index (χ4n) is 3.29. The first kappa shape index (κ1) is 19.3. The van der Waals surface area contributed by atoms with Crippen molar-refractivity contribution < 1.29 is 17.9 Å². The number of sulfonamides is 1. The van der Waals surface area contributed by atoms with Crippen molar-refractivity contribution in [2.24, 2.45) is 5.92 Å². The highest BCUT2D eigenvalue weighted by Gasteiger charge is 2.27. The summed E-state index contributed by atoms with van der Waals surface area (Å²) in [4.78, 5) is 14.7. The Morgan fingerprint density at radius 2 is 2.12 bits per heavy atom. The van der Waals surface area contributed by atoms with E-state index in [4.69, 9.17) is 4.74 Å². The lowest BCUT2D eigenvalue weighted by Crippen LogP contribution is -2.34. The van der Waals surface area contributed by atoms with E-state index in [1.807, 2.05) is 7.05 Å². The van der Waals surface area contributed by atoms with Crippen LogP contribution in [0.4, 0.5) is 0 Å². The molecule has 2 fully saturated rings. The molecule has 0 bridgehead atoms. The molecule has 0 radical (unpaired) electrons. The Hall–Kier alpha value is -1.48. The minimum atomic E-state index is -3.59. The van der Waals surface area contributed by atoms with Crippen LogP contribution in [0.5, 0.6) is 0 Å². The number of rotatable bonds is 5. The minimum absolute atomic E-state index is 0.180. The quantitative estimate of drug-likeness (QED) is 0.815. The first-order valence-electron chi connectivity index (χ1n) is 9.11. The zero-order valence-corrected chi connectivity index (χ0v) is 16.0. The molecule has 1 N–H and O–H groups in total. The summed E-state index contributed by atoms with van der Waals surface area (Å²) in [6.45, 7) is 4.52. The number of ether oxygens (including phenoxy) is 1. The Balaban J connectivity index is 1.69. The van der Waals surface area contributed by atoms with E-state index in [2.05, 4.69) is 10.2 Å². The average Bonchev–Trinajstić information content (AvgIpc) is 3.06. The second-order valence-electron chi connectivity index (χ2n) is 7.03. The van der Waals surface area contributed by atoms with Crippen LogP contribution in [0.25, 0.3) is 0 Å². The van der Waals surface area contributed by atoms with Crippen LogP contribution in [0.15, 0.2) is 29.2 Å². The highest BCUT2D eigenvalue weighted by atomic mass is 32.2. The third-order valence-electron chi connectivity index (χ3n) is 4.99. The van der Waals surface area contributed by atoms with Gasteiger partial charge in [0.15, 0.2) is 0 Å². The van der Waals surface area contributed by atoms with Crippen molar-refractivity contribution in [1.82, 2.24) is 14.5 Å². The summed E-state index contributed by atoms with van der Waals surface area (Å²) in [7, 11) is -1.59. The largest absolute Gasteiger partial charge is 0.381 e. The van der Waals surface area contributed by atoms with Gasteiger partial charge in [0.1, 0.15) is 0 Å². The van der Waals surface area contributed by atoms with Crippen LogP contribution >= 0.6 is 0 Å². The topological polar surface area (TPSA) is 79.0 Å². The molecule has 7 nitrogen and oxygen atoms in total. The average molecular weight is 381 g/mol. The van der Waals surface area contributed by atoms with Crippen LogP contribution in [0.2, 0.25) is 0 Å². The molecule has 2 aliphatic heterocycles. The molecule has 3 rings (SSSR count). The van der Waals surface area contributed by atoms with Gasteiger partial charge in [-0.15, -0.1) is 0 Å². The molecule has 1 amide bonds. The molecule has 2 aliphatic rings. The van der Waals surface area contributed by atoms with E-state index in [-0.39, 0.29) is 10.8 Å². The Bertz CT molecular complexity index is 732. The van der Waals surface area contributed by atoms with Crippen molar-refractivity contribution in [2.75, 3.05) is 53.0 Å². The zero-order chi connectivity index (χ0) is 18.6. The molecular formula is C18H27N3O4S. The molecule has 0 aliphatic carbocycles. The van der Waals surface area contributed by atoms with Gasteiger partial charge in [0.05, 0.1) is 11.5 Å². The third-order valence-corrected chi connectivity index (χ3v) is 6.88. The smallest absolute Gasteiger partial charge is 0.251 e. The van der Waals surface area contributed by atoms with Crippen LogP contribution in [-0.2, 0) is 14.8 Å². The number of carbonyl (C=O) groups is 1. The molecule has 0 saturated carbocycles. The maximum absolute atomic E-state index is 12.9. The Morgan fingerprint density at radius 3 is 2.88 bits per heavy atom. The van der Waals surface area contributed by atoms with Crippen molar-refractivity contribution in [3.05, 3.63) is 29.8 Å². The van der Waals surface area contributed by atoms with Crippen molar-refractivity contribution in [3.63, 3.8) is 0 Å². The lowest BCUT2D eigenvalue weighted by molar-refractivity contribution is 0.0944. The number of hydrogen-bond donors (Lipinski definition) is 1. The highest BCUT2D eigenvalue weighted by molar-refractivity contribution is 7.89. The van der Waals surface area contributed by atoms with Crippen LogP contribution in [0, 0.1) is 5.92 Å². The van der Waals surface area contributed by atoms with Gasteiger partial charge < -0.3 is 15.0 Å². The van der Waals surface area contributed by atoms with E-state index in [1.54, 1.807) is 18.2 Å². The molecule has 2 saturated heterocycles. The predicted octanol–water partition coefficient (Wildman–Crippen LogP) is 0.779. The van der Waals surface area contributed by atoms with E-state index >= 15 is 0 Å². The number of hydrogen-bond acceptors (Lipinski definition) is 5. The lowest BCUT2D eigenvalue weighted by atomic mass is 10.1. The number of nitrogens with one attached hydrogen (secondary N) is 1. The van der Waals surface area contributed by atoms with Gasteiger partial charge in [0.25, 0.3) is 5.91 Å². The predicted molar refractivity (Wildman–Crippen MR) is 98.6 cm³/mol. The number of carbonyl (C=O) groups excluding carboxylic acids is 1. The molecule has 0 aromatic heterocycles. The summed E-state index contributed by atoms with van der Waals surface area (Å²) in [5.74, 6) is 0.0875. The third kappa shape index (κ3) is 4.62. The molecule has 144 valence electrons. The lowest BCUT2D eigenvalue weighted by Gasteiger charge is -2.20. The Morgan fingerprint density at radius 1 is 1.27 bits per heavy atom. The summed E-state index contributed by atoms with van der Waals surface area (Å²) in [5, 5.41) is 2.88. The number of likely N-dealkylation sites (N-methyl/N-ethyl adjacent to an activating group) is 1. The first-order chi connectivity index (χ1) is 12.5. The molecule has 1 atom stereocenters. The summed E-state index contributed by atoms with van der Waals surface area (Å²) >= 11 is 0. The SMILES string of the molecule is CN1CCCN(S(=O)(=O)c2cccc(C(=O)NC[C@@H]3CCOC3)c2)CC1. The highest BCUT2D eigenvalue weighted by Crippen LogP contribution is 2.19. The van der Waals surface area contributed by atoms with Gasteiger partial charge in [-0.2, -0.15) is 4.31 Å². The van der Waals surface area contributed by atoms with E-state index < -0.39 is 10.0 Å². The minimum Gasteiger partial charge on any atom is -0.381 e. The molecule has 0 spiro atoms. The van der Waals surface area contributed by atoms with Crippen LogP contribution in [0.3, 0.4) is 0 Å². The van der Waals surface area contributed by atoms with Gasteiger partial charge in [-0.25, -0.2) is 8.42 Å². The number of benzene rings is 1. The van der Waals surface area contributed by atoms with Crippen molar-refractivity contribution >= 4 is 15.9 Å². The molecule has 2 heterocycles. The van der Waals surface area contributed by atoms with Gasteiger partial charge >= 0.3 is 0 Å². The van der Waals surface area contributed by atoms with Gasteiger partial charge in [-0.05, 0) is 44.6 Å². The summed E-state index contributed by atoms with van der Waals surface area (Å²) in [6, 6.07) is 6.32. The van der Waals surface area contributed by atoms with Crippen LogP contribution < -0.4 is 5.32 Å². The number of amides is 1. The van der Waals surface area contributed by atoms with E-state index in [0.717, 1.165) is 26.0 Å². The second kappa shape index (κ2) is 8.47. The first-order valence-corrected chi connectivity index (χ1v) is 10.6. The van der Waals surface area contributed by atoms with Crippen LogP contribution in [-0.4, -0.2) is 76.5 Å². The standard InChI is InChI=1S/C18H27N3O4S/c1-20-7-3-8-21(10-9-20)26(23,24)17-5-2-4-16(12-17)18(22)19-13-15-6-11-25-14-15/h2,4-5,12,15H,3,6-11,13-14H2,1H3,(H,19,22)/t15-/m0/s1. The second-order valence-corrected chi connectivity index (χ2v) is 8.97. The molecular weight excluding hydrogens is 354 g/mol. The molecule has 0 unspecified atom stereocenters. The molecule has 26 heavy (non-hydrogen) atoms. The fraction of sp³-hybridized carbons (Fsp3) is 0.611. The van der Waals surface area contributed by atoms with Crippen LogP contribution in [0.1, 0.15) is 23.2 Å². The van der Waals surface area contributed by atoms with E-state index in [1.165, 1.54) is 10.4 Å². The normalized spacial score (nSPS) is 22.9. The summed E-state index contributed by atoms with van der Waals surface area (Å²) in [6.07, 6.45) is 1.75. The Labute approximate surface area is 155 Å². The summed E-state index contributed by atoms with van der Waals surface area (Å²) in [5.41, 5.74) is 0.372. The molecule has 8 heteroatoms. The van der Waals surface area contributed by atoms with Gasteiger partial charge in [0, 0.05) is 44.3 Å². The number of nitrogens with zero attached hydrogens (tertiary/aromatic N) is 2. The van der Waals surface area contributed by atoms with E-state index in [0.29, 0.717) is 44.3 Å². The molecule has 1 aromatic rings. The monoisotopic (exact) mass is 381 g/mol. The summed E-state index contributed by atoms with van der Waals surface area (Å²) < 4.78 is 32.7. The maximum Gasteiger partial charge on any atom is 0.251 e. The van der Waals surface area contributed by atoms with Gasteiger partial charge in [0.2, 0.25) is 10.0 Å². The van der Waals surface area contributed by atoms with Crippen molar-refractivity contribution in [1.29, 1.82) is 0 Å². The zero-order valence-electron chi connectivity index (χ0n) is 15.2. The maximum atomic E-state index is 12.9. The van der Waals surface area contributed by atoms with Crippen molar-refractivity contribution in [2.45, 2.75) is 17.7 Å². The van der Waals surface area contributed by atoms with E-state index in [9.17, 15) is 13.2 Å². The van der Waals surface area contributed by atoms with Crippen molar-refractivity contribution in [3.8, 4) is 0 Å². The van der Waals surface area contributed by atoms with Gasteiger partial charge in [-0.3, -0.25) is 4.79 Å². The Kier molecular flexibility index (Phi) is 6.29. The molecule has 1 aromatic carbocycles. The fourth-order valence-corrected chi connectivity index (χ4v) is 4.81. The van der Waals surface area contributed by atoms with Gasteiger partial charge in [-0.1, -0.05) is 6.07 Å².